The van der Waals surface area contributed by atoms with Crippen molar-refractivity contribution in [3.63, 3.8) is 0 Å². The molecule has 1 aliphatic heterocycles. The Bertz CT molecular complexity index is 911. The van der Waals surface area contributed by atoms with Crippen LogP contribution in [0.15, 0.2) is 27.8 Å². The van der Waals surface area contributed by atoms with E-state index in [9.17, 15) is 14.4 Å². The summed E-state index contributed by atoms with van der Waals surface area (Å²) in [5, 5.41) is 25.7. The van der Waals surface area contributed by atoms with Crippen molar-refractivity contribution in [2.45, 2.75) is 12.5 Å². The smallest absolute Gasteiger partial charge is 0.287 e. The minimum atomic E-state index is -0.513. The minimum Gasteiger partial charge on any atom is -0.473 e. The lowest BCUT2D eigenvalue weighted by atomic mass is 9.83. The molecule has 1 atom stereocenters. The molecule has 2 aromatic rings. The van der Waals surface area contributed by atoms with Crippen molar-refractivity contribution in [1.29, 1.82) is 0 Å². The minimum absolute atomic E-state index is 0.00172. The van der Waals surface area contributed by atoms with Gasteiger partial charge in [0.2, 0.25) is 11.6 Å². The summed E-state index contributed by atoms with van der Waals surface area (Å²) in [6, 6.07) is 4.19. The van der Waals surface area contributed by atoms with E-state index < -0.39 is 6.61 Å². The van der Waals surface area contributed by atoms with Crippen LogP contribution >= 0.6 is 0 Å². The van der Waals surface area contributed by atoms with E-state index in [0.717, 1.165) is 11.1 Å². The zero-order chi connectivity index (χ0) is 19.7. The van der Waals surface area contributed by atoms with E-state index in [2.05, 4.69) is 15.3 Å². The Morgan fingerprint density at radius 3 is 3.00 bits per heavy atom. The van der Waals surface area contributed by atoms with Crippen LogP contribution in [0.4, 0.5) is 4.39 Å². The molecule has 10 nitrogen and oxygen atoms in total. The molecule has 2 heterocycles. The molecule has 4 rings (SSSR count). The third-order valence-electron chi connectivity index (χ3n) is 4.85. The molecular weight excluding hydrogens is 373 g/mol. The molecule has 0 unspecified atom stereocenters. The molecule has 1 aliphatic carbocycles. The van der Waals surface area contributed by atoms with Gasteiger partial charge in [0.1, 0.15) is 12.4 Å². The Balaban J connectivity index is 1.41. The summed E-state index contributed by atoms with van der Waals surface area (Å²) >= 11 is 0. The standard InChI is InChI=1S/C17H18FN5O5/c18-11-2-1-10-3-13(12(10)4-11)19-16(20-26)15-17(22-28-21-15)27-8-9-5-23(6-9)14(25)7-24/h1-2,4,9,13,24,26H,3,5-8H2,(H,19,20)/t13-/m0/s1. The molecule has 148 valence electrons. The fourth-order valence-corrected chi connectivity index (χ4v) is 3.26. The highest BCUT2D eigenvalue weighted by Gasteiger charge is 2.32. The zero-order valence-electron chi connectivity index (χ0n) is 14.7. The number of benzene rings is 1. The molecule has 0 radical (unpaired) electrons. The van der Waals surface area contributed by atoms with Gasteiger partial charge in [0.25, 0.3) is 5.88 Å². The molecule has 1 saturated heterocycles. The molecule has 1 aromatic heterocycles. The van der Waals surface area contributed by atoms with Crippen LogP contribution < -0.4 is 10.2 Å². The Hall–Kier alpha value is -3.05. The predicted molar refractivity (Wildman–Crippen MR) is 91.3 cm³/mol. The van der Waals surface area contributed by atoms with Crippen LogP contribution in [-0.4, -0.2) is 63.6 Å². The van der Waals surface area contributed by atoms with Gasteiger partial charge in [0.15, 0.2) is 5.84 Å². The average Bonchev–Trinajstić information content (AvgIpc) is 3.11. The highest BCUT2D eigenvalue weighted by Crippen LogP contribution is 2.37. The van der Waals surface area contributed by atoms with Crippen molar-refractivity contribution in [2.75, 3.05) is 26.3 Å². The van der Waals surface area contributed by atoms with Gasteiger partial charge in [-0.1, -0.05) is 6.07 Å². The van der Waals surface area contributed by atoms with Gasteiger partial charge in [0, 0.05) is 19.0 Å². The summed E-state index contributed by atoms with van der Waals surface area (Å²) in [6.45, 7) is 0.695. The number of rotatable bonds is 6. The monoisotopic (exact) mass is 391 g/mol. The molecule has 1 aromatic carbocycles. The molecule has 0 bridgehead atoms. The summed E-state index contributed by atoms with van der Waals surface area (Å²) in [5.41, 5.74) is 3.80. The van der Waals surface area contributed by atoms with Gasteiger partial charge in [-0.05, 0) is 40.0 Å². The van der Waals surface area contributed by atoms with Crippen LogP contribution in [-0.2, 0) is 11.2 Å². The van der Waals surface area contributed by atoms with Gasteiger partial charge in [-0.2, -0.15) is 0 Å². The van der Waals surface area contributed by atoms with Crippen molar-refractivity contribution in [1.82, 2.24) is 20.7 Å². The second kappa shape index (κ2) is 7.52. The fourth-order valence-electron chi connectivity index (χ4n) is 3.26. The first kappa shape index (κ1) is 18.3. The Morgan fingerprint density at radius 1 is 1.43 bits per heavy atom. The Morgan fingerprint density at radius 2 is 2.25 bits per heavy atom. The number of hydroxylamine groups is 1. The first-order chi connectivity index (χ1) is 13.6. The average molecular weight is 391 g/mol. The lowest BCUT2D eigenvalue weighted by Gasteiger charge is -2.38. The third-order valence-corrected chi connectivity index (χ3v) is 4.85. The molecule has 11 heteroatoms. The quantitative estimate of drug-likeness (QED) is 0.358. The van der Waals surface area contributed by atoms with Gasteiger partial charge in [-0.25, -0.2) is 9.02 Å². The van der Waals surface area contributed by atoms with Crippen molar-refractivity contribution in [2.24, 2.45) is 10.9 Å². The summed E-state index contributed by atoms with van der Waals surface area (Å²) in [6.07, 6.45) is 0.610. The van der Waals surface area contributed by atoms with E-state index in [0.29, 0.717) is 19.5 Å². The van der Waals surface area contributed by atoms with Crippen LogP contribution in [0.25, 0.3) is 0 Å². The summed E-state index contributed by atoms with van der Waals surface area (Å²) in [4.78, 5) is 17.2. The molecule has 1 fully saturated rings. The number of nitrogens with zero attached hydrogens (tertiary/aromatic N) is 4. The van der Waals surface area contributed by atoms with Crippen molar-refractivity contribution in [3.8, 4) is 5.88 Å². The lowest BCUT2D eigenvalue weighted by molar-refractivity contribution is -0.141. The molecule has 0 spiro atoms. The lowest BCUT2D eigenvalue weighted by Crippen LogP contribution is -2.53. The number of amides is 1. The molecule has 0 saturated carbocycles. The largest absolute Gasteiger partial charge is 0.473 e. The topological polar surface area (TPSA) is 133 Å². The van der Waals surface area contributed by atoms with E-state index >= 15 is 0 Å². The summed E-state index contributed by atoms with van der Waals surface area (Å²) < 4.78 is 23.7. The predicted octanol–water partition coefficient (Wildman–Crippen LogP) is 0.0610. The number of hydrogen-bond acceptors (Lipinski definition) is 8. The second-order valence-electron chi connectivity index (χ2n) is 6.70. The van der Waals surface area contributed by atoms with E-state index in [1.54, 1.807) is 6.07 Å². The molecule has 3 N–H and O–H groups in total. The molecule has 28 heavy (non-hydrogen) atoms. The highest BCUT2D eigenvalue weighted by atomic mass is 19.1. The normalized spacial score (nSPS) is 18.9. The maximum atomic E-state index is 13.4. The van der Waals surface area contributed by atoms with Crippen molar-refractivity contribution >= 4 is 11.7 Å². The summed E-state index contributed by atoms with van der Waals surface area (Å²) in [7, 11) is 0. The van der Waals surface area contributed by atoms with Crippen LogP contribution in [0.3, 0.4) is 0 Å². The number of nitrogens with one attached hydrogen (secondary N) is 1. The van der Waals surface area contributed by atoms with Gasteiger partial charge in [-0.15, -0.1) is 0 Å². The van der Waals surface area contributed by atoms with Crippen LogP contribution in [0.1, 0.15) is 22.9 Å². The third kappa shape index (κ3) is 3.41. The number of hydrogen-bond donors (Lipinski definition) is 3. The van der Waals surface area contributed by atoms with Crippen molar-refractivity contribution in [3.05, 3.63) is 40.8 Å². The number of aliphatic hydroxyl groups is 1. The Kier molecular flexibility index (Phi) is 4.92. The number of aromatic nitrogens is 2. The number of aliphatic hydroxyl groups excluding tert-OH is 1. The number of amidine groups is 1. The molecular formula is C17H18FN5O5. The van der Waals surface area contributed by atoms with Gasteiger partial charge < -0.3 is 14.7 Å². The molecule has 1 amide bonds. The Labute approximate surface area is 158 Å². The summed E-state index contributed by atoms with van der Waals surface area (Å²) in [5.74, 6) is -0.536. The van der Waals surface area contributed by atoms with Gasteiger partial charge >= 0.3 is 0 Å². The van der Waals surface area contributed by atoms with Crippen LogP contribution in [0.5, 0.6) is 5.88 Å². The molecule has 2 aliphatic rings. The maximum absolute atomic E-state index is 13.4. The first-order valence-corrected chi connectivity index (χ1v) is 8.69. The second-order valence-corrected chi connectivity index (χ2v) is 6.70. The number of halogens is 1. The number of ether oxygens (including phenoxy) is 1. The van der Waals surface area contributed by atoms with Gasteiger partial charge in [-0.3, -0.25) is 20.5 Å². The van der Waals surface area contributed by atoms with E-state index in [4.69, 9.17) is 14.5 Å². The number of carbonyl (C=O) groups is 1. The maximum Gasteiger partial charge on any atom is 0.287 e. The number of fused-ring (bicyclic) bond motifs is 1. The van der Waals surface area contributed by atoms with Crippen LogP contribution in [0, 0.1) is 11.7 Å². The number of aliphatic imine (C=N–C) groups is 1. The SMILES string of the molecule is O=C(CO)N1CC(COc2nonc2C(=N[C@H]2Cc3ccc(F)cc32)NO)C1. The van der Waals surface area contributed by atoms with E-state index in [-0.39, 0.29) is 47.7 Å². The fraction of sp³-hybridized carbons (Fsp3) is 0.412. The van der Waals surface area contributed by atoms with Gasteiger partial charge in [0.05, 0.1) is 12.6 Å². The zero-order valence-corrected chi connectivity index (χ0v) is 14.7. The first-order valence-electron chi connectivity index (χ1n) is 8.69. The van der Waals surface area contributed by atoms with Crippen molar-refractivity contribution < 1.29 is 28.9 Å². The van der Waals surface area contributed by atoms with E-state index in [1.807, 2.05) is 5.48 Å². The van der Waals surface area contributed by atoms with Crippen LogP contribution in [0.2, 0.25) is 0 Å². The number of likely N-dealkylation sites (tertiary alicyclic amines) is 1. The highest BCUT2D eigenvalue weighted by molar-refractivity contribution is 5.98. The van der Waals surface area contributed by atoms with E-state index in [1.165, 1.54) is 17.0 Å². The number of carbonyl (C=O) groups excluding carboxylic acids is 1.